The Morgan fingerprint density at radius 1 is 0.917 bits per heavy atom. The lowest BCUT2D eigenvalue weighted by Gasteiger charge is -2.00. The number of aromatic nitrogens is 2. The Hall–Kier alpha value is -2.60. The molecule has 0 atom stereocenters. The van der Waals surface area contributed by atoms with Crippen LogP contribution < -0.4 is 5.62 Å². The first-order valence-corrected chi connectivity index (χ1v) is 10.0. The van der Waals surface area contributed by atoms with Crippen LogP contribution in [0.4, 0.5) is 5.69 Å². The fourth-order valence-electron chi connectivity index (χ4n) is 1.69. The number of hydrogen-bond donors (Lipinski definition) is 0. The maximum absolute atomic E-state index is 11.7. The number of nitrogens with zero attached hydrogens (tertiary/aromatic N) is 5. The van der Waals surface area contributed by atoms with Gasteiger partial charge in [-0.15, -0.1) is 5.11 Å². The van der Waals surface area contributed by atoms with Gasteiger partial charge in [0, 0.05) is 18.0 Å². The molecule has 0 fully saturated rings. The van der Waals surface area contributed by atoms with Crippen LogP contribution in [0.2, 0.25) is 0 Å². The zero-order chi connectivity index (χ0) is 18.0. The van der Waals surface area contributed by atoms with Crippen LogP contribution in [0.1, 0.15) is 10.4 Å². The van der Waals surface area contributed by atoms with Gasteiger partial charge >= 0.3 is 0 Å². The van der Waals surface area contributed by atoms with Gasteiger partial charge in [-0.1, -0.05) is 5.10 Å². The summed E-state index contributed by atoms with van der Waals surface area (Å²) in [4.78, 5) is 10.6. The van der Waals surface area contributed by atoms with E-state index in [2.05, 4.69) is 15.4 Å². The van der Waals surface area contributed by atoms with Crippen molar-refractivity contribution in [1.82, 2.24) is 7.94 Å². The van der Waals surface area contributed by atoms with Crippen molar-refractivity contribution in [2.24, 2.45) is 15.4 Å². The molecule has 0 N–H and O–H groups in total. The first-order chi connectivity index (χ1) is 11.1. The molecule has 1 heterocycles. The quantitative estimate of drug-likeness (QED) is 0.424. The molecule has 1 aromatic carbocycles. The predicted molar refractivity (Wildman–Crippen MR) is 84.8 cm³/mol. The predicted octanol–water partition coefficient (Wildman–Crippen LogP) is 0.317. The van der Waals surface area contributed by atoms with Gasteiger partial charge in [0.15, 0.2) is 0 Å². The average Bonchev–Trinajstić information content (AvgIpc) is 2.92. The topological polar surface area (TPSA) is 132 Å². The zero-order valence-corrected chi connectivity index (χ0v) is 14.3. The Morgan fingerprint density at radius 3 is 1.83 bits per heavy atom. The van der Waals surface area contributed by atoms with E-state index < -0.39 is 25.7 Å². The van der Waals surface area contributed by atoms with Crippen molar-refractivity contribution in [1.29, 1.82) is 0 Å². The van der Waals surface area contributed by atoms with E-state index in [1.165, 1.54) is 24.3 Å². The summed E-state index contributed by atoms with van der Waals surface area (Å²) in [5.74, 6) is 0. The molecule has 128 valence electrons. The summed E-state index contributed by atoms with van der Waals surface area (Å²) in [6.07, 6.45) is 4.55. The summed E-state index contributed by atoms with van der Waals surface area (Å²) in [5.41, 5.74) is 0.368. The standard InChI is InChI=1S/C12H13N5O5S2/c1-23(19,20)16-7-8-17(24(2,21)22)12(16)14-15-13-11-5-3-10(9-18)4-6-11/h3-9H,1-2H3. The molecule has 0 spiro atoms. The van der Waals surface area contributed by atoms with Gasteiger partial charge in [-0.05, 0) is 29.5 Å². The Morgan fingerprint density at radius 2 is 1.42 bits per heavy atom. The first-order valence-electron chi connectivity index (χ1n) is 6.34. The smallest absolute Gasteiger partial charge is 0.259 e. The van der Waals surface area contributed by atoms with Crippen LogP contribution >= 0.6 is 0 Å². The van der Waals surface area contributed by atoms with Crippen molar-refractivity contribution in [3.63, 3.8) is 0 Å². The summed E-state index contributed by atoms with van der Waals surface area (Å²) >= 11 is 0. The highest BCUT2D eigenvalue weighted by atomic mass is 32.2. The zero-order valence-electron chi connectivity index (χ0n) is 12.6. The van der Waals surface area contributed by atoms with Crippen molar-refractivity contribution in [2.75, 3.05) is 12.5 Å². The van der Waals surface area contributed by atoms with Gasteiger partial charge in [0.25, 0.3) is 5.62 Å². The van der Waals surface area contributed by atoms with Crippen LogP contribution in [0.3, 0.4) is 0 Å². The molecule has 0 saturated carbocycles. The lowest BCUT2D eigenvalue weighted by Crippen LogP contribution is -2.32. The van der Waals surface area contributed by atoms with Crippen molar-refractivity contribution in [2.45, 2.75) is 0 Å². The largest absolute Gasteiger partial charge is 0.298 e. The molecule has 2 rings (SSSR count). The van der Waals surface area contributed by atoms with E-state index in [0.717, 1.165) is 24.9 Å². The number of rotatable bonds is 5. The van der Waals surface area contributed by atoms with E-state index in [-0.39, 0.29) is 0 Å². The fourth-order valence-corrected chi connectivity index (χ4v) is 3.14. The van der Waals surface area contributed by atoms with E-state index in [9.17, 15) is 21.6 Å². The molecule has 0 aliphatic heterocycles. The van der Waals surface area contributed by atoms with Gasteiger partial charge < -0.3 is 0 Å². The number of aldehydes is 1. The van der Waals surface area contributed by atoms with Crippen LogP contribution in [0, 0.1) is 0 Å². The molecule has 0 aliphatic rings. The maximum Gasteiger partial charge on any atom is 0.259 e. The van der Waals surface area contributed by atoms with E-state index >= 15 is 0 Å². The third-order valence-corrected chi connectivity index (χ3v) is 4.77. The SMILES string of the molecule is CS(=O)(=O)n1ccn(S(C)(=O)=O)c1=NN=Nc1ccc(C=O)cc1. The molecule has 24 heavy (non-hydrogen) atoms. The summed E-state index contributed by atoms with van der Waals surface area (Å²) in [7, 11) is -7.56. The van der Waals surface area contributed by atoms with Crippen molar-refractivity contribution >= 4 is 32.0 Å². The molecule has 1 aromatic heterocycles. The summed E-state index contributed by atoms with van der Waals surface area (Å²) < 4.78 is 48.1. The van der Waals surface area contributed by atoms with Gasteiger partial charge in [0.2, 0.25) is 20.0 Å². The number of hydrogen-bond acceptors (Lipinski definition) is 7. The van der Waals surface area contributed by atoms with E-state index in [4.69, 9.17) is 0 Å². The van der Waals surface area contributed by atoms with Crippen LogP contribution in [0.15, 0.2) is 52.1 Å². The number of carbonyl (C=O) groups excluding carboxylic acids is 1. The Kier molecular flexibility index (Phi) is 4.80. The lowest BCUT2D eigenvalue weighted by atomic mass is 10.2. The van der Waals surface area contributed by atoms with E-state index in [1.807, 2.05) is 0 Å². The molecule has 2 aromatic rings. The van der Waals surface area contributed by atoms with Crippen LogP contribution in [-0.4, -0.2) is 43.6 Å². The average molecular weight is 371 g/mol. The van der Waals surface area contributed by atoms with Crippen LogP contribution in [0.5, 0.6) is 0 Å². The van der Waals surface area contributed by atoms with Crippen molar-refractivity contribution in [3.8, 4) is 0 Å². The summed E-state index contributed by atoms with van der Waals surface area (Å²) in [6.45, 7) is 0. The fraction of sp³-hybridized carbons (Fsp3) is 0.167. The molecular formula is C12H13N5O5S2. The van der Waals surface area contributed by atoms with Crippen molar-refractivity contribution < 1.29 is 21.6 Å². The highest BCUT2D eigenvalue weighted by Crippen LogP contribution is 2.12. The van der Waals surface area contributed by atoms with Crippen LogP contribution in [0.25, 0.3) is 0 Å². The number of imidazole rings is 1. The molecule has 0 bridgehead atoms. The van der Waals surface area contributed by atoms with E-state index in [1.54, 1.807) is 0 Å². The molecule has 10 nitrogen and oxygen atoms in total. The van der Waals surface area contributed by atoms with Gasteiger partial charge in [-0.3, -0.25) is 4.79 Å². The summed E-state index contributed by atoms with van der Waals surface area (Å²) in [5, 5.41) is 10.8. The second-order valence-corrected chi connectivity index (χ2v) is 8.43. The normalized spacial score (nSPS) is 12.4. The molecule has 0 unspecified atom stereocenters. The highest BCUT2D eigenvalue weighted by Gasteiger charge is 2.15. The number of carbonyl (C=O) groups is 1. The van der Waals surface area contributed by atoms with Gasteiger partial charge in [-0.25, -0.2) is 24.8 Å². The van der Waals surface area contributed by atoms with Crippen molar-refractivity contribution in [3.05, 3.63) is 47.8 Å². The summed E-state index contributed by atoms with van der Waals surface area (Å²) in [6, 6.07) is 6.03. The van der Waals surface area contributed by atoms with Gasteiger partial charge in [0.05, 0.1) is 18.2 Å². The second-order valence-electron chi connectivity index (χ2n) is 4.71. The van der Waals surface area contributed by atoms with Gasteiger partial charge in [0.1, 0.15) is 6.29 Å². The molecule has 12 heteroatoms. The number of benzene rings is 1. The Balaban J connectivity index is 2.53. The van der Waals surface area contributed by atoms with Crippen LogP contribution in [-0.2, 0) is 20.0 Å². The third kappa shape index (κ3) is 4.02. The Bertz CT molecular complexity index is 1010. The molecule has 0 amide bonds. The van der Waals surface area contributed by atoms with E-state index in [0.29, 0.717) is 25.5 Å². The lowest BCUT2D eigenvalue weighted by molar-refractivity contribution is 0.112. The second kappa shape index (κ2) is 6.49. The monoisotopic (exact) mass is 371 g/mol. The minimum atomic E-state index is -3.78. The molecule has 0 saturated heterocycles. The molecular weight excluding hydrogens is 358 g/mol. The minimum Gasteiger partial charge on any atom is -0.298 e. The maximum atomic E-state index is 11.7. The Labute approximate surface area is 137 Å². The third-order valence-electron chi connectivity index (χ3n) is 2.77. The highest BCUT2D eigenvalue weighted by molar-refractivity contribution is 7.89. The molecule has 0 radical (unpaired) electrons. The minimum absolute atomic E-state index is 0.354. The first kappa shape index (κ1) is 17.7. The van der Waals surface area contributed by atoms with Gasteiger partial charge in [-0.2, -0.15) is 0 Å². The molecule has 0 aliphatic carbocycles.